The number of phenolic OH excluding ortho intramolecular Hbond substituents is 1. The molecule has 0 fully saturated rings. The van der Waals surface area contributed by atoms with Crippen molar-refractivity contribution in [1.29, 1.82) is 0 Å². The van der Waals surface area contributed by atoms with Gasteiger partial charge in [-0.05, 0) is 35.4 Å². The fourth-order valence-electron chi connectivity index (χ4n) is 1.60. The number of amides is 1. The van der Waals surface area contributed by atoms with E-state index < -0.39 is 6.09 Å². The van der Waals surface area contributed by atoms with Crippen LogP contribution in [0.1, 0.15) is 0 Å². The average Bonchev–Trinajstić information content (AvgIpc) is 2.40. The summed E-state index contributed by atoms with van der Waals surface area (Å²) in [7, 11) is 1.32. The summed E-state index contributed by atoms with van der Waals surface area (Å²) < 4.78 is 4.53. The van der Waals surface area contributed by atoms with Gasteiger partial charge in [0, 0.05) is 5.69 Å². The van der Waals surface area contributed by atoms with E-state index >= 15 is 0 Å². The van der Waals surface area contributed by atoms with Gasteiger partial charge >= 0.3 is 6.09 Å². The van der Waals surface area contributed by atoms with E-state index in [-0.39, 0.29) is 5.75 Å². The van der Waals surface area contributed by atoms with Crippen LogP contribution in [-0.2, 0) is 4.74 Å². The van der Waals surface area contributed by atoms with E-state index in [1.54, 1.807) is 18.2 Å². The second kappa shape index (κ2) is 5.23. The number of benzene rings is 2. The van der Waals surface area contributed by atoms with Crippen molar-refractivity contribution in [3.05, 3.63) is 48.5 Å². The first-order valence-electron chi connectivity index (χ1n) is 5.43. The summed E-state index contributed by atoms with van der Waals surface area (Å²) >= 11 is 0. The Balaban J connectivity index is 2.26. The fraction of sp³-hybridized carbons (Fsp3) is 0.0714. The molecule has 0 heterocycles. The molecule has 0 aromatic heterocycles. The predicted octanol–water partition coefficient (Wildman–Crippen LogP) is 3.24. The first kappa shape index (κ1) is 12.0. The van der Waals surface area contributed by atoms with Gasteiger partial charge in [-0.25, -0.2) is 4.79 Å². The van der Waals surface area contributed by atoms with Crippen LogP contribution in [0.3, 0.4) is 0 Å². The molecule has 0 saturated carbocycles. The SMILES string of the molecule is COC(=O)Nc1cccc(-c2ccc(O)cc2)c1. The molecule has 1 amide bonds. The minimum absolute atomic E-state index is 0.225. The highest BCUT2D eigenvalue weighted by Crippen LogP contribution is 2.24. The van der Waals surface area contributed by atoms with Crippen molar-refractivity contribution in [2.75, 3.05) is 12.4 Å². The van der Waals surface area contributed by atoms with Crippen LogP contribution in [0, 0.1) is 0 Å². The predicted molar refractivity (Wildman–Crippen MR) is 69.6 cm³/mol. The summed E-state index contributed by atoms with van der Waals surface area (Å²) in [5, 5.41) is 11.8. The van der Waals surface area contributed by atoms with Crippen LogP contribution < -0.4 is 5.32 Å². The molecule has 92 valence electrons. The Morgan fingerprint density at radius 1 is 1.11 bits per heavy atom. The second-order valence-electron chi connectivity index (χ2n) is 3.74. The summed E-state index contributed by atoms with van der Waals surface area (Å²) in [4.78, 5) is 11.1. The van der Waals surface area contributed by atoms with E-state index in [4.69, 9.17) is 0 Å². The van der Waals surface area contributed by atoms with Crippen molar-refractivity contribution in [3.63, 3.8) is 0 Å². The molecular formula is C14H13NO3. The van der Waals surface area contributed by atoms with Crippen LogP contribution in [-0.4, -0.2) is 18.3 Å². The van der Waals surface area contributed by atoms with Crippen molar-refractivity contribution in [1.82, 2.24) is 0 Å². The molecule has 18 heavy (non-hydrogen) atoms. The Kier molecular flexibility index (Phi) is 3.48. The standard InChI is InChI=1S/C14H13NO3/c1-18-14(17)15-12-4-2-3-11(9-12)10-5-7-13(16)8-6-10/h2-9,16H,1H3,(H,15,17). The lowest BCUT2D eigenvalue weighted by atomic mass is 10.1. The topological polar surface area (TPSA) is 58.6 Å². The number of carbonyl (C=O) groups is 1. The molecule has 0 bridgehead atoms. The summed E-state index contributed by atoms with van der Waals surface area (Å²) in [6, 6.07) is 14.2. The van der Waals surface area contributed by atoms with Crippen LogP contribution in [0.4, 0.5) is 10.5 Å². The number of rotatable bonds is 2. The first-order chi connectivity index (χ1) is 8.69. The van der Waals surface area contributed by atoms with Crippen molar-refractivity contribution in [3.8, 4) is 16.9 Å². The van der Waals surface area contributed by atoms with Gasteiger partial charge in [-0.1, -0.05) is 24.3 Å². The number of phenols is 1. The number of anilines is 1. The maximum absolute atomic E-state index is 11.1. The van der Waals surface area contributed by atoms with E-state index in [0.29, 0.717) is 5.69 Å². The Bertz CT molecular complexity index is 549. The van der Waals surface area contributed by atoms with E-state index in [9.17, 15) is 9.90 Å². The number of ether oxygens (including phenoxy) is 1. The third kappa shape index (κ3) is 2.79. The highest BCUT2D eigenvalue weighted by atomic mass is 16.5. The Morgan fingerprint density at radius 3 is 2.50 bits per heavy atom. The van der Waals surface area contributed by atoms with E-state index in [2.05, 4.69) is 10.1 Å². The smallest absolute Gasteiger partial charge is 0.411 e. The van der Waals surface area contributed by atoms with Crippen LogP contribution in [0.15, 0.2) is 48.5 Å². The lowest BCUT2D eigenvalue weighted by Gasteiger charge is -2.06. The third-order valence-electron chi connectivity index (χ3n) is 2.50. The molecule has 2 aromatic rings. The monoisotopic (exact) mass is 243 g/mol. The fourth-order valence-corrected chi connectivity index (χ4v) is 1.60. The molecule has 0 unspecified atom stereocenters. The van der Waals surface area contributed by atoms with E-state index in [1.807, 2.05) is 30.3 Å². The van der Waals surface area contributed by atoms with Gasteiger partial charge < -0.3 is 9.84 Å². The lowest BCUT2D eigenvalue weighted by molar-refractivity contribution is 0.187. The molecule has 0 aliphatic rings. The molecule has 2 N–H and O–H groups in total. The minimum atomic E-state index is -0.502. The van der Waals surface area contributed by atoms with Gasteiger partial charge in [0.25, 0.3) is 0 Å². The van der Waals surface area contributed by atoms with Crippen molar-refractivity contribution in [2.24, 2.45) is 0 Å². The summed E-state index contributed by atoms with van der Waals surface area (Å²) in [6.07, 6.45) is -0.502. The largest absolute Gasteiger partial charge is 0.508 e. The molecule has 0 atom stereocenters. The third-order valence-corrected chi connectivity index (χ3v) is 2.50. The zero-order valence-corrected chi connectivity index (χ0v) is 9.88. The van der Waals surface area contributed by atoms with Crippen LogP contribution >= 0.6 is 0 Å². The van der Waals surface area contributed by atoms with Gasteiger partial charge in [0.15, 0.2) is 0 Å². The van der Waals surface area contributed by atoms with Gasteiger partial charge in [0.2, 0.25) is 0 Å². The number of carbonyl (C=O) groups excluding carboxylic acids is 1. The Labute approximate surface area is 105 Å². The van der Waals surface area contributed by atoms with Crippen LogP contribution in [0.5, 0.6) is 5.75 Å². The van der Waals surface area contributed by atoms with Crippen molar-refractivity contribution >= 4 is 11.8 Å². The highest BCUT2D eigenvalue weighted by Gasteiger charge is 2.03. The number of nitrogens with one attached hydrogen (secondary N) is 1. The lowest BCUT2D eigenvalue weighted by Crippen LogP contribution is -2.10. The number of hydrogen-bond acceptors (Lipinski definition) is 3. The van der Waals surface area contributed by atoms with Crippen LogP contribution in [0.2, 0.25) is 0 Å². The van der Waals surface area contributed by atoms with Crippen LogP contribution in [0.25, 0.3) is 11.1 Å². The molecule has 0 saturated heterocycles. The Hall–Kier alpha value is -2.49. The van der Waals surface area contributed by atoms with Gasteiger partial charge in [0.1, 0.15) is 5.75 Å². The van der Waals surface area contributed by atoms with Gasteiger partial charge in [-0.3, -0.25) is 5.32 Å². The van der Waals surface area contributed by atoms with Crippen molar-refractivity contribution in [2.45, 2.75) is 0 Å². The van der Waals surface area contributed by atoms with Crippen molar-refractivity contribution < 1.29 is 14.6 Å². The molecule has 0 aliphatic heterocycles. The molecular weight excluding hydrogens is 230 g/mol. The summed E-state index contributed by atoms with van der Waals surface area (Å²) in [5.74, 6) is 0.225. The number of methoxy groups -OCH3 is 1. The molecule has 0 spiro atoms. The second-order valence-corrected chi connectivity index (χ2v) is 3.74. The van der Waals surface area contributed by atoms with Gasteiger partial charge in [-0.15, -0.1) is 0 Å². The molecule has 2 rings (SSSR count). The van der Waals surface area contributed by atoms with E-state index in [0.717, 1.165) is 11.1 Å². The minimum Gasteiger partial charge on any atom is -0.508 e. The molecule has 2 aromatic carbocycles. The maximum atomic E-state index is 11.1. The highest BCUT2D eigenvalue weighted by molar-refractivity contribution is 5.85. The van der Waals surface area contributed by atoms with Gasteiger partial charge in [0.05, 0.1) is 7.11 Å². The molecule has 4 heteroatoms. The summed E-state index contributed by atoms with van der Waals surface area (Å²) in [5.41, 5.74) is 2.57. The molecule has 4 nitrogen and oxygen atoms in total. The quantitative estimate of drug-likeness (QED) is 0.851. The molecule has 0 radical (unpaired) electrons. The normalized spacial score (nSPS) is 9.83. The Morgan fingerprint density at radius 2 is 1.83 bits per heavy atom. The van der Waals surface area contributed by atoms with E-state index in [1.165, 1.54) is 7.11 Å². The first-order valence-corrected chi connectivity index (χ1v) is 5.43. The zero-order chi connectivity index (χ0) is 13.0. The number of hydrogen-bond donors (Lipinski definition) is 2. The zero-order valence-electron chi connectivity index (χ0n) is 9.88. The number of aromatic hydroxyl groups is 1. The molecule has 0 aliphatic carbocycles. The van der Waals surface area contributed by atoms with Gasteiger partial charge in [-0.2, -0.15) is 0 Å². The summed E-state index contributed by atoms with van der Waals surface area (Å²) in [6.45, 7) is 0. The average molecular weight is 243 g/mol. The maximum Gasteiger partial charge on any atom is 0.411 e.